The molecule has 0 atom stereocenters. The van der Waals surface area contributed by atoms with Gasteiger partial charge < -0.3 is 14.2 Å². The van der Waals surface area contributed by atoms with Gasteiger partial charge in [-0.3, -0.25) is 4.79 Å². The average molecular weight is 373 g/mol. The molecule has 0 saturated heterocycles. The number of carbonyl (C=O) groups is 1. The van der Waals surface area contributed by atoms with Crippen LogP contribution in [0.1, 0.15) is 22.1 Å². The third-order valence-electron chi connectivity index (χ3n) is 3.81. The van der Waals surface area contributed by atoms with Gasteiger partial charge in [-0.15, -0.1) is 0 Å². The van der Waals surface area contributed by atoms with E-state index >= 15 is 0 Å². The molecule has 0 spiro atoms. The molecule has 0 aliphatic carbocycles. The summed E-state index contributed by atoms with van der Waals surface area (Å²) in [6.07, 6.45) is 0.271. The summed E-state index contributed by atoms with van der Waals surface area (Å²) in [5.41, 5.74) is -0.579. The van der Waals surface area contributed by atoms with Gasteiger partial charge in [0.2, 0.25) is 0 Å². The SMILES string of the molecule is CN(CCc1noc(COc2ccccc2)n1)C(=O)c1c(F)cccc1F. The molecule has 0 N–H and O–H groups in total. The number of carbonyl (C=O) groups excluding carboxylic acids is 1. The standard InChI is InChI=1S/C19H17F2N3O3/c1-24(19(25)18-14(20)8-5-9-15(18)21)11-10-16-22-17(27-23-16)12-26-13-6-3-2-4-7-13/h2-9H,10-12H2,1H3. The zero-order valence-corrected chi connectivity index (χ0v) is 14.6. The van der Waals surface area contributed by atoms with Crippen LogP contribution in [0.15, 0.2) is 53.1 Å². The summed E-state index contributed by atoms with van der Waals surface area (Å²) in [6.45, 7) is 0.289. The van der Waals surface area contributed by atoms with Crippen LogP contribution in [0.5, 0.6) is 5.75 Å². The topological polar surface area (TPSA) is 68.5 Å². The highest BCUT2D eigenvalue weighted by atomic mass is 19.1. The number of hydrogen-bond acceptors (Lipinski definition) is 5. The molecule has 0 aliphatic rings. The van der Waals surface area contributed by atoms with Crippen molar-refractivity contribution < 1.29 is 22.8 Å². The van der Waals surface area contributed by atoms with Crippen LogP contribution in [0, 0.1) is 11.6 Å². The maximum Gasteiger partial charge on any atom is 0.264 e. The minimum atomic E-state index is -0.897. The lowest BCUT2D eigenvalue weighted by Gasteiger charge is -2.16. The molecule has 140 valence electrons. The van der Waals surface area contributed by atoms with E-state index in [1.165, 1.54) is 18.0 Å². The van der Waals surface area contributed by atoms with E-state index in [-0.39, 0.29) is 19.6 Å². The van der Waals surface area contributed by atoms with Crippen molar-refractivity contribution in [1.82, 2.24) is 15.0 Å². The second kappa shape index (κ2) is 8.39. The molecule has 3 aromatic rings. The summed E-state index contributed by atoms with van der Waals surface area (Å²) in [4.78, 5) is 17.6. The van der Waals surface area contributed by atoms with Crippen LogP contribution in [0.3, 0.4) is 0 Å². The lowest BCUT2D eigenvalue weighted by Crippen LogP contribution is -2.30. The highest BCUT2D eigenvalue weighted by Gasteiger charge is 2.21. The first-order valence-corrected chi connectivity index (χ1v) is 8.23. The van der Waals surface area contributed by atoms with Crippen molar-refractivity contribution in [3.8, 4) is 5.75 Å². The Kier molecular flexibility index (Phi) is 5.75. The van der Waals surface area contributed by atoms with Gasteiger partial charge in [-0.05, 0) is 24.3 Å². The normalized spacial score (nSPS) is 10.6. The molecule has 1 amide bonds. The number of para-hydroxylation sites is 1. The molecule has 0 bridgehead atoms. The molecule has 2 aromatic carbocycles. The maximum absolute atomic E-state index is 13.7. The fourth-order valence-corrected chi connectivity index (χ4v) is 2.37. The van der Waals surface area contributed by atoms with Gasteiger partial charge in [-0.1, -0.05) is 29.4 Å². The molecule has 6 nitrogen and oxygen atoms in total. The third kappa shape index (κ3) is 4.66. The number of benzene rings is 2. The molecule has 0 saturated carbocycles. The molecule has 0 radical (unpaired) electrons. The Hall–Kier alpha value is -3.29. The summed E-state index contributed by atoms with van der Waals surface area (Å²) in [7, 11) is 1.45. The van der Waals surface area contributed by atoms with E-state index in [0.717, 1.165) is 12.1 Å². The van der Waals surface area contributed by atoms with Crippen molar-refractivity contribution >= 4 is 5.91 Å². The zero-order chi connectivity index (χ0) is 19.2. The van der Waals surface area contributed by atoms with Crippen LogP contribution in [-0.2, 0) is 13.0 Å². The Bertz CT molecular complexity index is 895. The largest absolute Gasteiger partial charge is 0.484 e. The molecule has 1 aromatic heterocycles. The highest BCUT2D eigenvalue weighted by molar-refractivity contribution is 5.94. The first-order chi connectivity index (χ1) is 13.0. The maximum atomic E-state index is 13.7. The fraction of sp³-hybridized carbons (Fsp3) is 0.211. The monoisotopic (exact) mass is 373 g/mol. The van der Waals surface area contributed by atoms with Crippen molar-refractivity contribution in [2.24, 2.45) is 0 Å². The van der Waals surface area contributed by atoms with Gasteiger partial charge in [0.05, 0.1) is 0 Å². The van der Waals surface area contributed by atoms with E-state index in [2.05, 4.69) is 10.1 Å². The Morgan fingerprint density at radius 1 is 1.11 bits per heavy atom. The van der Waals surface area contributed by atoms with E-state index in [4.69, 9.17) is 9.26 Å². The van der Waals surface area contributed by atoms with Crippen molar-refractivity contribution in [2.45, 2.75) is 13.0 Å². The number of hydrogen-bond donors (Lipinski definition) is 0. The number of rotatable bonds is 7. The lowest BCUT2D eigenvalue weighted by atomic mass is 10.1. The molecule has 0 fully saturated rings. The van der Waals surface area contributed by atoms with Gasteiger partial charge in [-0.25, -0.2) is 8.78 Å². The number of amides is 1. The van der Waals surface area contributed by atoms with E-state index in [1.807, 2.05) is 18.2 Å². The van der Waals surface area contributed by atoms with Gasteiger partial charge >= 0.3 is 0 Å². The first-order valence-electron chi connectivity index (χ1n) is 8.23. The number of ether oxygens (including phenoxy) is 1. The molecule has 3 rings (SSSR count). The Morgan fingerprint density at radius 3 is 2.52 bits per heavy atom. The summed E-state index contributed by atoms with van der Waals surface area (Å²) in [6, 6.07) is 12.5. The first kappa shape index (κ1) is 18.5. The van der Waals surface area contributed by atoms with Gasteiger partial charge in [0.1, 0.15) is 22.9 Å². The van der Waals surface area contributed by atoms with Gasteiger partial charge in [0, 0.05) is 20.0 Å². The molecular weight excluding hydrogens is 356 g/mol. The number of nitrogens with zero attached hydrogens (tertiary/aromatic N) is 3. The van der Waals surface area contributed by atoms with Crippen LogP contribution >= 0.6 is 0 Å². The van der Waals surface area contributed by atoms with Crippen LogP contribution in [-0.4, -0.2) is 34.5 Å². The van der Waals surface area contributed by atoms with E-state index < -0.39 is 23.1 Å². The number of aromatic nitrogens is 2. The molecule has 0 unspecified atom stereocenters. The number of halogens is 2. The van der Waals surface area contributed by atoms with Crippen LogP contribution < -0.4 is 4.74 Å². The molecule has 27 heavy (non-hydrogen) atoms. The van der Waals surface area contributed by atoms with Crippen molar-refractivity contribution in [2.75, 3.05) is 13.6 Å². The minimum absolute atomic E-state index is 0.117. The summed E-state index contributed by atoms with van der Waals surface area (Å²) in [5, 5.41) is 3.82. The van der Waals surface area contributed by atoms with Crippen molar-refractivity contribution in [1.29, 1.82) is 0 Å². The van der Waals surface area contributed by atoms with Crippen LogP contribution in [0.4, 0.5) is 8.78 Å². The summed E-state index contributed by atoms with van der Waals surface area (Å²) in [5.74, 6) is -1.20. The van der Waals surface area contributed by atoms with E-state index in [9.17, 15) is 13.6 Å². The second-order valence-electron chi connectivity index (χ2n) is 5.78. The van der Waals surface area contributed by atoms with Crippen LogP contribution in [0.2, 0.25) is 0 Å². The predicted octanol–water partition coefficient (Wildman–Crippen LogP) is 3.24. The minimum Gasteiger partial charge on any atom is -0.484 e. The summed E-state index contributed by atoms with van der Waals surface area (Å²) < 4.78 is 38.0. The number of likely N-dealkylation sites (N-methyl/N-ethyl adjacent to an activating group) is 1. The van der Waals surface area contributed by atoms with Gasteiger partial charge in [0.15, 0.2) is 12.4 Å². The van der Waals surface area contributed by atoms with Crippen molar-refractivity contribution in [3.63, 3.8) is 0 Å². The smallest absolute Gasteiger partial charge is 0.264 e. The third-order valence-corrected chi connectivity index (χ3v) is 3.81. The lowest BCUT2D eigenvalue weighted by molar-refractivity contribution is 0.0786. The van der Waals surface area contributed by atoms with Crippen LogP contribution in [0.25, 0.3) is 0 Å². The van der Waals surface area contributed by atoms with E-state index in [0.29, 0.717) is 17.5 Å². The quantitative estimate of drug-likeness (QED) is 0.636. The average Bonchev–Trinajstić information content (AvgIpc) is 3.13. The fourth-order valence-electron chi connectivity index (χ4n) is 2.37. The van der Waals surface area contributed by atoms with E-state index in [1.54, 1.807) is 12.1 Å². The Morgan fingerprint density at radius 2 is 1.81 bits per heavy atom. The summed E-state index contributed by atoms with van der Waals surface area (Å²) >= 11 is 0. The predicted molar refractivity (Wildman–Crippen MR) is 92.1 cm³/mol. The molecular formula is C19H17F2N3O3. The second-order valence-corrected chi connectivity index (χ2v) is 5.78. The van der Waals surface area contributed by atoms with Crippen molar-refractivity contribution in [3.05, 3.63) is 77.4 Å². The Balaban J connectivity index is 1.54. The zero-order valence-electron chi connectivity index (χ0n) is 14.6. The van der Waals surface area contributed by atoms with Gasteiger partial charge in [-0.2, -0.15) is 4.98 Å². The molecule has 8 heteroatoms. The van der Waals surface area contributed by atoms with Gasteiger partial charge in [0.25, 0.3) is 11.8 Å². The molecule has 0 aliphatic heterocycles. The highest BCUT2D eigenvalue weighted by Crippen LogP contribution is 2.15. The molecule has 1 heterocycles. The Labute approximate surface area is 154 Å².